The van der Waals surface area contributed by atoms with Crippen molar-refractivity contribution < 1.29 is 22.3 Å². The molecule has 23 heavy (non-hydrogen) atoms. The van der Waals surface area contributed by atoms with Gasteiger partial charge in [0.05, 0.1) is 23.4 Å². The molecule has 1 aliphatic rings. The van der Waals surface area contributed by atoms with Crippen LogP contribution in [0.4, 0.5) is 4.39 Å². The highest BCUT2D eigenvalue weighted by molar-refractivity contribution is 7.89. The SMILES string of the molecule is CS(=O)(=O)NC(=O)c1cc(Cl)c(OCC2CC=CCC2)cc1F. The molecule has 1 aromatic carbocycles. The van der Waals surface area contributed by atoms with E-state index >= 15 is 0 Å². The molecule has 1 atom stereocenters. The van der Waals surface area contributed by atoms with Crippen molar-refractivity contribution in [2.45, 2.75) is 19.3 Å². The first-order chi connectivity index (χ1) is 10.8. The van der Waals surface area contributed by atoms with Gasteiger partial charge in [-0.25, -0.2) is 17.5 Å². The van der Waals surface area contributed by atoms with E-state index in [1.807, 2.05) is 0 Å². The molecule has 1 N–H and O–H groups in total. The van der Waals surface area contributed by atoms with Gasteiger partial charge in [-0.05, 0) is 31.2 Å². The van der Waals surface area contributed by atoms with E-state index < -0.39 is 27.3 Å². The smallest absolute Gasteiger partial charge is 0.267 e. The molecule has 0 aliphatic heterocycles. The van der Waals surface area contributed by atoms with Crippen LogP contribution < -0.4 is 9.46 Å². The van der Waals surface area contributed by atoms with Crippen LogP contribution in [-0.2, 0) is 10.0 Å². The molecule has 0 fully saturated rings. The normalized spacial score (nSPS) is 17.8. The number of ether oxygens (including phenoxy) is 1. The molecule has 8 heteroatoms. The first kappa shape index (κ1) is 17.7. The third kappa shape index (κ3) is 5.21. The maximum atomic E-state index is 14.0. The van der Waals surface area contributed by atoms with E-state index in [-0.39, 0.29) is 10.8 Å². The lowest BCUT2D eigenvalue weighted by Crippen LogP contribution is -2.30. The maximum Gasteiger partial charge on any atom is 0.267 e. The summed E-state index contributed by atoms with van der Waals surface area (Å²) in [6.45, 7) is 0.401. The molecule has 2 rings (SSSR count). The van der Waals surface area contributed by atoms with Crippen molar-refractivity contribution in [3.63, 3.8) is 0 Å². The van der Waals surface area contributed by atoms with Gasteiger partial charge in [0.1, 0.15) is 11.6 Å². The summed E-state index contributed by atoms with van der Waals surface area (Å²) in [4.78, 5) is 11.7. The Bertz CT molecular complexity index is 733. The van der Waals surface area contributed by atoms with Gasteiger partial charge < -0.3 is 4.74 Å². The first-order valence-corrected chi connectivity index (χ1v) is 9.32. The van der Waals surface area contributed by atoms with Gasteiger partial charge in [0.2, 0.25) is 10.0 Å². The largest absolute Gasteiger partial charge is 0.492 e. The van der Waals surface area contributed by atoms with Crippen LogP contribution in [-0.4, -0.2) is 27.2 Å². The van der Waals surface area contributed by atoms with E-state index in [0.717, 1.165) is 37.7 Å². The van der Waals surface area contributed by atoms with Crippen molar-refractivity contribution in [3.05, 3.63) is 40.7 Å². The highest BCUT2D eigenvalue weighted by Gasteiger charge is 2.19. The number of allylic oxidation sites excluding steroid dienone is 2. The van der Waals surface area contributed by atoms with Crippen LogP contribution in [0.15, 0.2) is 24.3 Å². The number of hydrogen-bond acceptors (Lipinski definition) is 4. The zero-order chi connectivity index (χ0) is 17.0. The highest BCUT2D eigenvalue weighted by Crippen LogP contribution is 2.29. The summed E-state index contributed by atoms with van der Waals surface area (Å²) in [5, 5.41) is 0.0522. The van der Waals surface area contributed by atoms with E-state index in [0.29, 0.717) is 12.5 Å². The number of carbonyl (C=O) groups is 1. The lowest BCUT2D eigenvalue weighted by Gasteiger charge is -2.19. The number of halogens is 2. The molecule has 5 nitrogen and oxygen atoms in total. The van der Waals surface area contributed by atoms with Crippen molar-refractivity contribution in [3.8, 4) is 5.75 Å². The van der Waals surface area contributed by atoms with Crippen molar-refractivity contribution in [1.29, 1.82) is 0 Å². The van der Waals surface area contributed by atoms with Crippen molar-refractivity contribution in [2.75, 3.05) is 12.9 Å². The van der Waals surface area contributed by atoms with Gasteiger partial charge in [0.25, 0.3) is 5.91 Å². The molecule has 0 saturated carbocycles. The lowest BCUT2D eigenvalue weighted by molar-refractivity contribution is 0.0977. The summed E-state index contributed by atoms with van der Waals surface area (Å²) in [6.07, 6.45) is 7.87. The van der Waals surface area contributed by atoms with Crippen LogP contribution >= 0.6 is 11.6 Å². The Kier molecular flexibility index (Phi) is 5.64. The molecule has 1 amide bonds. The minimum absolute atomic E-state index is 0.0522. The summed E-state index contributed by atoms with van der Waals surface area (Å²) in [6, 6.07) is 2.06. The molecule has 0 aromatic heterocycles. The van der Waals surface area contributed by atoms with E-state index in [9.17, 15) is 17.6 Å². The molecule has 0 saturated heterocycles. The average molecular weight is 362 g/mol. The Morgan fingerprint density at radius 3 is 2.78 bits per heavy atom. The zero-order valence-electron chi connectivity index (χ0n) is 12.5. The van der Waals surface area contributed by atoms with Gasteiger partial charge >= 0.3 is 0 Å². The second-order valence-corrected chi connectivity index (χ2v) is 7.58. The van der Waals surface area contributed by atoms with Crippen molar-refractivity contribution in [2.24, 2.45) is 5.92 Å². The van der Waals surface area contributed by atoms with E-state index in [1.54, 1.807) is 4.72 Å². The van der Waals surface area contributed by atoms with Gasteiger partial charge in [-0.3, -0.25) is 4.79 Å². The third-order valence-corrected chi connectivity index (χ3v) is 4.25. The minimum atomic E-state index is -3.78. The van der Waals surface area contributed by atoms with Crippen LogP contribution in [0.2, 0.25) is 5.02 Å². The van der Waals surface area contributed by atoms with Crippen LogP contribution in [0.25, 0.3) is 0 Å². The van der Waals surface area contributed by atoms with Crippen LogP contribution in [0, 0.1) is 11.7 Å². The average Bonchev–Trinajstić information content (AvgIpc) is 2.47. The maximum absolute atomic E-state index is 14.0. The fraction of sp³-hybridized carbons (Fsp3) is 0.400. The van der Waals surface area contributed by atoms with E-state index in [4.69, 9.17) is 16.3 Å². The second kappa shape index (κ2) is 7.31. The van der Waals surface area contributed by atoms with Crippen LogP contribution in [0.5, 0.6) is 5.75 Å². The molecule has 0 radical (unpaired) electrons. The van der Waals surface area contributed by atoms with Crippen LogP contribution in [0.1, 0.15) is 29.6 Å². The van der Waals surface area contributed by atoms with Gasteiger partial charge in [-0.15, -0.1) is 0 Å². The molecule has 0 bridgehead atoms. The Hall–Kier alpha value is -1.60. The summed E-state index contributed by atoms with van der Waals surface area (Å²) in [5.74, 6) is -1.49. The zero-order valence-corrected chi connectivity index (χ0v) is 14.1. The summed E-state index contributed by atoms with van der Waals surface area (Å²) in [5.41, 5.74) is -0.451. The summed E-state index contributed by atoms with van der Waals surface area (Å²) < 4.78 is 43.3. The lowest BCUT2D eigenvalue weighted by atomic mass is 9.95. The van der Waals surface area contributed by atoms with Crippen molar-refractivity contribution >= 4 is 27.5 Å². The van der Waals surface area contributed by atoms with Gasteiger partial charge in [0, 0.05) is 6.07 Å². The Labute approximate surface area is 139 Å². The number of rotatable bonds is 5. The van der Waals surface area contributed by atoms with E-state index in [1.165, 1.54) is 0 Å². The fourth-order valence-corrected chi connectivity index (χ4v) is 2.92. The number of sulfonamides is 1. The predicted octanol–water partition coefficient (Wildman–Crippen LogP) is 2.90. The van der Waals surface area contributed by atoms with Crippen LogP contribution in [0.3, 0.4) is 0 Å². The molecular weight excluding hydrogens is 345 g/mol. The standard InChI is InChI=1S/C15H17ClFNO4S/c1-23(20,21)18-15(19)11-7-12(16)14(8-13(11)17)22-9-10-5-3-2-4-6-10/h2-3,7-8,10H,4-6,9H2,1H3,(H,18,19). The molecule has 1 unspecified atom stereocenters. The number of hydrogen-bond donors (Lipinski definition) is 1. The van der Waals surface area contributed by atoms with Gasteiger partial charge in [0.15, 0.2) is 0 Å². The summed E-state index contributed by atoms with van der Waals surface area (Å²) in [7, 11) is -3.78. The van der Waals surface area contributed by atoms with Crippen molar-refractivity contribution in [1.82, 2.24) is 4.72 Å². The Morgan fingerprint density at radius 1 is 1.43 bits per heavy atom. The molecular formula is C15H17ClFNO4S. The fourth-order valence-electron chi connectivity index (χ4n) is 2.25. The quantitative estimate of drug-likeness (QED) is 0.818. The molecule has 126 valence electrons. The Balaban J connectivity index is 2.10. The monoisotopic (exact) mass is 361 g/mol. The number of nitrogens with one attached hydrogen (secondary N) is 1. The number of carbonyl (C=O) groups excluding carboxylic acids is 1. The van der Waals surface area contributed by atoms with Gasteiger partial charge in [-0.2, -0.15) is 0 Å². The number of benzene rings is 1. The molecule has 0 heterocycles. The first-order valence-electron chi connectivity index (χ1n) is 7.05. The Morgan fingerprint density at radius 2 is 2.17 bits per heavy atom. The van der Waals surface area contributed by atoms with E-state index in [2.05, 4.69) is 12.2 Å². The third-order valence-electron chi connectivity index (χ3n) is 3.40. The summed E-state index contributed by atoms with van der Waals surface area (Å²) >= 11 is 6.00. The minimum Gasteiger partial charge on any atom is -0.492 e. The molecule has 0 spiro atoms. The predicted molar refractivity (Wildman–Crippen MR) is 85.7 cm³/mol. The highest BCUT2D eigenvalue weighted by atomic mass is 35.5. The van der Waals surface area contributed by atoms with Gasteiger partial charge in [-0.1, -0.05) is 23.8 Å². The molecule has 1 aliphatic carbocycles. The molecule has 1 aromatic rings. The second-order valence-electron chi connectivity index (χ2n) is 5.43. The number of amides is 1. The topological polar surface area (TPSA) is 72.5 Å².